The van der Waals surface area contributed by atoms with Gasteiger partial charge in [0.05, 0.1) is 6.10 Å². The van der Waals surface area contributed by atoms with Crippen LogP contribution in [-0.4, -0.2) is 22.9 Å². The van der Waals surface area contributed by atoms with Crippen molar-refractivity contribution in [2.24, 2.45) is 0 Å². The van der Waals surface area contributed by atoms with Crippen LogP contribution in [0, 0.1) is 0 Å². The first kappa shape index (κ1) is 12.9. The van der Waals surface area contributed by atoms with Crippen molar-refractivity contribution < 1.29 is 10.2 Å². The van der Waals surface area contributed by atoms with Gasteiger partial charge in [-0.1, -0.05) is 39.0 Å². The SMILES string of the molecule is CCCCCO.OC1CCCCC1. The fourth-order valence-electron chi connectivity index (χ4n) is 1.44. The van der Waals surface area contributed by atoms with Crippen LogP contribution in [0.15, 0.2) is 0 Å². The maximum Gasteiger partial charge on any atom is 0.0540 e. The summed E-state index contributed by atoms with van der Waals surface area (Å²) in [6, 6.07) is 0. The zero-order chi connectivity index (χ0) is 9.94. The summed E-state index contributed by atoms with van der Waals surface area (Å²) in [6.45, 7) is 2.48. The molecule has 1 aliphatic rings. The largest absolute Gasteiger partial charge is 0.396 e. The minimum absolute atomic E-state index is 0.0359. The fraction of sp³-hybridized carbons (Fsp3) is 1.00. The van der Waals surface area contributed by atoms with Gasteiger partial charge in [0.1, 0.15) is 0 Å². The highest BCUT2D eigenvalue weighted by Gasteiger charge is 2.07. The van der Waals surface area contributed by atoms with Gasteiger partial charge in [-0.25, -0.2) is 0 Å². The van der Waals surface area contributed by atoms with E-state index >= 15 is 0 Å². The average Bonchev–Trinajstić information content (AvgIpc) is 2.17. The van der Waals surface area contributed by atoms with Crippen LogP contribution in [-0.2, 0) is 0 Å². The third kappa shape index (κ3) is 9.84. The second-order valence-corrected chi connectivity index (χ2v) is 3.72. The van der Waals surface area contributed by atoms with Crippen molar-refractivity contribution in [1.82, 2.24) is 0 Å². The molecule has 0 aromatic carbocycles. The molecule has 2 N–H and O–H groups in total. The van der Waals surface area contributed by atoms with E-state index in [2.05, 4.69) is 6.92 Å². The summed E-state index contributed by atoms with van der Waals surface area (Å²) in [5, 5.41) is 17.1. The molecule has 1 saturated carbocycles. The van der Waals surface area contributed by atoms with Crippen molar-refractivity contribution in [1.29, 1.82) is 0 Å². The molecule has 13 heavy (non-hydrogen) atoms. The zero-order valence-corrected chi connectivity index (χ0v) is 8.84. The molecule has 0 spiro atoms. The Bertz CT molecular complexity index is 84.1. The second kappa shape index (κ2) is 10.0. The Hall–Kier alpha value is -0.0800. The van der Waals surface area contributed by atoms with Crippen LogP contribution in [0.2, 0.25) is 0 Å². The maximum absolute atomic E-state index is 8.91. The molecular weight excluding hydrogens is 164 g/mol. The van der Waals surface area contributed by atoms with Gasteiger partial charge in [-0.3, -0.25) is 0 Å². The van der Waals surface area contributed by atoms with E-state index in [1.54, 1.807) is 0 Å². The molecule has 0 atom stereocenters. The van der Waals surface area contributed by atoms with Crippen molar-refractivity contribution in [2.75, 3.05) is 6.61 Å². The lowest BCUT2D eigenvalue weighted by atomic mass is 9.98. The lowest BCUT2D eigenvalue weighted by molar-refractivity contribution is 0.130. The molecule has 1 fully saturated rings. The van der Waals surface area contributed by atoms with Crippen molar-refractivity contribution in [3.63, 3.8) is 0 Å². The van der Waals surface area contributed by atoms with Gasteiger partial charge >= 0.3 is 0 Å². The molecule has 0 amide bonds. The Morgan fingerprint density at radius 3 is 1.92 bits per heavy atom. The molecule has 80 valence electrons. The Morgan fingerprint density at radius 1 is 1.08 bits per heavy atom. The third-order valence-electron chi connectivity index (χ3n) is 2.34. The van der Waals surface area contributed by atoms with E-state index in [9.17, 15) is 0 Å². The molecule has 0 saturated heterocycles. The number of hydrogen-bond donors (Lipinski definition) is 2. The molecule has 2 heteroatoms. The van der Waals surface area contributed by atoms with Gasteiger partial charge in [0.2, 0.25) is 0 Å². The molecule has 0 unspecified atom stereocenters. The van der Waals surface area contributed by atoms with E-state index < -0.39 is 0 Å². The van der Waals surface area contributed by atoms with Crippen LogP contribution in [0.25, 0.3) is 0 Å². The number of rotatable bonds is 3. The molecule has 1 rings (SSSR count). The van der Waals surface area contributed by atoms with Gasteiger partial charge in [-0.15, -0.1) is 0 Å². The highest BCUT2D eigenvalue weighted by atomic mass is 16.3. The number of hydrogen-bond acceptors (Lipinski definition) is 2. The average molecular weight is 188 g/mol. The van der Waals surface area contributed by atoms with Gasteiger partial charge in [0.15, 0.2) is 0 Å². The van der Waals surface area contributed by atoms with Gasteiger partial charge in [-0.05, 0) is 19.3 Å². The summed E-state index contributed by atoms with van der Waals surface area (Å²) in [5.74, 6) is 0. The first-order valence-electron chi connectivity index (χ1n) is 5.60. The zero-order valence-electron chi connectivity index (χ0n) is 8.84. The van der Waals surface area contributed by atoms with Crippen molar-refractivity contribution in [2.45, 2.75) is 64.4 Å². The van der Waals surface area contributed by atoms with E-state index in [0.717, 1.165) is 25.7 Å². The van der Waals surface area contributed by atoms with Crippen molar-refractivity contribution in [3.8, 4) is 0 Å². The molecule has 0 aromatic rings. The van der Waals surface area contributed by atoms with Gasteiger partial charge in [-0.2, -0.15) is 0 Å². The Labute approximate surface area is 82.0 Å². The molecule has 0 radical (unpaired) electrons. The molecule has 0 aromatic heterocycles. The predicted octanol–water partition coefficient (Wildman–Crippen LogP) is 2.48. The van der Waals surface area contributed by atoms with E-state index in [0.29, 0.717) is 6.61 Å². The highest BCUT2D eigenvalue weighted by molar-refractivity contribution is 4.61. The Balaban J connectivity index is 0.000000226. The topological polar surface area (TPSA) is 40.5 Å². The van der Waals surface area contributed by atoms with Crippen molar-refractivity contribution >= 4 is 0 Å². The standard InChI is InChI=1S/C6H12O.C5H12O/c7-6-4-2-1-3-5-6;1-2-3-4-5-6/h6-7H,1-5H2;6H,2-5H2,1H3. The van der Waals surface area contributed by atoms with Crippen molar-refractivity contribution in [3.05, 3.63) is 0 Å². The normalized spacial score (nSPS) is 17.8. The fourth-order valence-corrected chi connectivity index (χ4v) is 1.44. The number of unbranched alkanes of at least 4 members (excludes halogenated alkanes) is 2. The predicted molar refractivity (Wildman–Crippen MR) is 55.7 cm³/mol. The van der Waals surface area contributed by atoms with Gasteiger partial charge in [0, 0.05) is 6.61 Å². The number of aliphatic hydroxyl groups excluding tert-OH is 2. The van der Waals surface area contributed by atoms with Gasteiger partial charge in [0.25, 0.3) is 0 Å². The van der Waals surface area contributed by atoms with Crippen LogP contribution in [0.3, 0.4) is 0 Å². The summed E-state index contributed by atoms with van der Waals surface area (Å²) >= 11 is 0. The van der Waals surface area contributed by atoms with E-state index in [1.165, 1.54) is 25.7 Å². The van der Waals surface area contributed by atoms with E-state index in [4.69, 9.17) is 10.2 Å². The van der Waals surface area contributed by atoms with Crippen LogP contribution in [0.5, 0.6) is 0 Å². The summed E-state index contributed by atoms with van der Waals surface area (Å²) in [5.41, 5.74) is 0. The van der Waals surface area contributed by atoms with E-state index in [1.807, 2.05) is 0 Å². The molecule has 0 aliphatic heterocycles. The summed E-state index contributed by atoms with van der Waals surface area (Å²) < 4.78 is 0. The first-order valence-corrected chi connectivity index (χ1v) is 5.60. The first-order chi connectivity index (χ1) is 6.31. The van der Waals surface area contributed by atoms with Gasteiger partial charge < -0.3 is 10.2 Å². The van der Waals surface area contributed by atoms with Crippen LogP contribution < -0.4 is 0 Å². The molecular formula is C11H24O2. The Kier molecular flexibility index (Phi) is 9.94. The monoisotopic (exact) mass is 188 g/mol. The third-order valence-corrected chi connectivity index (χ3v) is 2.34. The van der Waals surface area contributed by atoms with Crippen LogP contribution in [0.4, 0.5) is 0 Å². The molecule has 1 aliphatic carbocycles. The lowest BCUT2D eigenvalue weighted by Gasteiger charge is -2.14. The molecule has 2 nitrogen and oxygen atoms in total. The quantitative estimate of drug-likeness (QED) is 0.668. The minimum atomic E-state index is 0.0359. The summed E-state index contributed by atoms with van der Waals surface area (Å²) in [6.07, 6.45) is 9.25. The smallest absolute Gasteiger partial charge is 0.0540 e. The molecule has 0 heterocycles. The summed E-state index contributed by atoms with van der Waals surface area (Å²) in [7, 11) is 0. The van der Waals surface area contributed by atoms with Crippen LogP contribution in [0.1, 0.15) is 58.3 Å². The van der Waals surface area contributed by atoms with E-state index in [-0.39, 0.29) is 6.10 Å². The highest BCUT2D eigenvalue weighted by Crippen LogP contribution is 2.16. The van der Waals surface area contributed by atoms with Crippen LogP contribution >= 0.6 is 0 Å². The minimum Gasteiger partial charge on any atom is -0.396 e. The summed E-state index contributed by atoms with van der Waals surface area (Å²) in [4.78, 5) is 0. The number of aliphatic hydroxyl groups is 2. The molecule has 0 bridgehead atoms. The second-order valence-electron chi connectivity index (χ2n) is 3.72. The lowest BCUT2D eigenvalue weighted by Crippen LogP contribution is -2.09. The Morgan fingerprint density at radius 2 is 1.69 bits per heavy atom. The maximum atomic E-state index is 8.91.